The number of carbonyl (C=O) groups is 1. The number of benzene rings is 2. The number of hydrogen-bond donors (Lipinski definition) is 1. The van der Waals surface area contributed by atoms with Crippen LogP contribution >= 0.6 is 0 Å². The predicted octanol–water partition coefficient (Wildman–Crippen LogP) is 4.94. The molecule has 1 aliphatic rings. The lowest BCUT2D eigenvalue weighted by atomic mass is 10.1. The normalized spacial score (nSPS) is 13.5. The Morgan fingerprint density at radius 2 is 1.87 bits per heavy atom. The summed E-state index contributed by atoms with van der Waals surface area (Å²) in [6.45, 7) is 2.98. The average Bonchev–Trinajstić information content (AvgIpc) is 3.02. The summed E-state index contributed by atoms with van der Waals surface area (Å²) in [4.78, 5) is 12.4. The summed E-state index contributed by atoms with van der Waals surface area (Å²) in [5, 5.41) is 11.4. The lowest BCUT2D eigenvalue weighted by Gasteiger charge is -2.11. The third-order valence-electron chi connectivity index (χ3n) is 5.68. The zero-order valence-electron chi connectivity index (χ0n) is 17.3. The SMILES string of the molecule is CCc1ccc(CCC(=O)Nc2cc(-c3nnc4n3CCCCC4)ccc2F)cc1. The quantitative estimate of drug-likeness (QED) is 0.630. The van der Waals surface area contributed by atoms with E-state index < -0.39 is 5.82 Å². The number of carbonyl (C=O) groups excluding carboxylic acids is 1. The van der Waals surface area contributed by atoms with Crippen molar-refractivity contribution in [3.8, 4) is 11.4 Å². The van der Waals surface area contributed by atoms with Gasteiger partial charge in [0.15, 0.2) is 5.82 Å². The van der Waals surface area contributed by atoms with Gasteiger partial charge in [-0.2, -0.15) is 0 Å². The van der Waals surface area contributed by atoms with Gasteiger partial charge in [0.05, 0.1) is 5.69 Å². The Morgan fingerprint density at radius 3 is 2.67 bits per heavy atom. The molecular formula is C24H27FN4O. The first-order valence-electron chi connectivity index (χ1n) is 10.7. The Bertz CT molecular complexity index is 1030. The van der Waals surface area contributed by atoms with Crippen LogP contribution in [0, 0.1) is 5.82 Å². The Kier molecular flexibility index (Phi) is 6.21. The number of amides is 1. The first-order valence-corrected chi connectivity index (χ1v) is 10.7. The van der Waals surface area contributed by atoms with Gasteiger partial charge in [-0.05, 0) is 55.0 Å². The van der Waals surface area contributed by atoms with Gasteiger partial charge in [-0.25, -0.2) is 4.39 Å². The first kappa shape index (κ1) is 20.3. The Morgan fingerprint density at radius 1 is 1.07 bits per heavy atom. The van der Waals surface area contributed by atoms with E-state index in [2.05, 4.69) is 39.1 Å². The second-order valence-corrected chi connectivity index (χ2v) is 7.81. The van der Waals surface area contributed by atoms with Crippen molar-refractivity contribution < 1.29 is 9.18 Å². The largest absolute Gasteiger partial charge is 0.324 e. The fourth-order valence-electron chi connectivity index (χ4n) is 3.87. The maximum absolute atomic E-state index is 14.4. The molecule has 5 nitrogen and oxygen atoms in total. The summed E-state index contributed by atoms with van der Waals surface area (Å²) >= 11 is 0. The molecule has 1 N–H and O–H groups in total. The van der Waals surface area contributed by atoms with Crippen LogP contribution in [0.1, 0.15) is 49.6 Å². The molecule has 1 amide bonds. The summed E-state index contributed by atoms with van der Waals surface area (Å²) in [5.74, 6) is 1.06. The van der Waals surface area contributed by atoms with E-state index in [0.717, 1.165) is 55.0 Å². The van der Waals surface area contributed by atoms with Gasteiger partial charge in [0, 0.05) is 24.9 Å². The van der Waals surface area contributed by atoms with Crippen molar-refractivity contribution in [2.75, 3.05) is 5.32 Å². The minimum Gasteiger partial charge on any atom is -0.324 e. The zero-order valence-corrected chi connectivity index (χ0v) is 17.3. The molecule has 1 aromatic heterocycles. The highest BCUT2D eigenvalue weighted by Gasteiger charge is 2.17. The molecule has 0 radical (unpaired) electrons. The Balaban J connectivity index is 1.45. The molecule has 0 fully saturated rings. The molecule has 2 heterocycles. The summed E-state index contributed by atoms with van der Waals surface area (Å²) < 4.78 is 16.5. The van der Waals surface area contributed by atoms with Crippen LogP contribution in [0.4, 0.5) is 10.1 Å². The smallest absolute Gasteiger partial charge is 0.224 e. The minimum atomic E-state index is -0.449. The van der Waals surface area contributed by atoms with Gasteiger partial charge in [0.25, 0.3) is 0 Å². The van der Waals surface area contributed by atoms with Crippen LogP contribution < -0.4 is 5.32 Å². The fourth-order valence-corrected chi connectivity index (χ4v) is 3.87. The van der Waals surface area contributed by atoms with E-state index in [1.807, 2.05) is 12.1 Å². The highest BCUT2D eigenvalue weighted by atomic mass is 19.1. The zero-order chi connectivity index (χ0) is 20.9. The summed E-state index contributed by atoms with van der Waals surface area (Å²) in [6, 6.07) is 13.0. The molecule has 0 spiro atoms. The second-order valence-electron chi connectivity index (χ2n) is 7.81. The molecule has 156 valence electrons. The lowest BCUT2D eigenvalue weighted by molar-refractivity contribution is -0.116. The fraction of sp³-hybridized carbons (Fsp3) is 0.375. The third kappa shape index (κ3) is 4.58. The van der Waals surface area contributed by atoms with E-state index >= 15 is 0 Å². The van der Waals surface area contributed by atoms with E-state index in [4.69, 9.17) is 0 Å². The highest BCUT2D eigenvalue weighted by molar-refractivity contribution is 5.91. The molecule has 3 aromatic rings. The number of aryl methyl sites for hydroxylation is 3. The predicted molar refractivity (Wildman–Crippen MR) is 116 cm³/mol. The average molecular weight is 407 g/mol. The van der Waals surface area contributed by atoms with Gasteiger partial charge in [-0.1, -0.05) is 37.6 Å². The summed E-state index contributed by atoms with van der Waals surface area (Å²) in [5.41, 5.74) is 3.32. The number of rotatable bonds is 6. The molecule has 0 aliphatic carbocycles. The van der Waals surface area contributed by atoms with Crippen molar-refractivity contribution in [1.82, 2.24) is 14.8 Å². The van der Waals surface area contributed by atoms with Gasteiger partial charge in [0.1, 0.15) is 11.6 Å². The molecule has 30 heavy (non-hydrogen) atoms. The van der Waals surface area contributed by atoms with Crippen molar-refractivity contribution in [3.05, 3.63) is 65.2 Å². The van der Waals surface area contributed by atoms with Crippen molar-refractivity contribution in [2.24, 2.45) is 0 Å². The monoisotopic (exact) mass is 406 g/mol. The molecule has 0 bridgehead atoms. The third-order valence-corrected chi connectivity index (χ3v) is 5.68. The molecule has 0 saturated carbocycles. The number of halogens is 1. The highest BCUT2D eigenvalue weighted by Crippen LogP contribution is 2.26. The number of hydrogen-bond acceptors (Lipinski definition) is 3. The van der Waals surface area contributed by atoms with Crippen LogP contribution in [-0.4, -0.2) is 20.7 Å². The molecule has 2 aromatic carbocycles. The van der Waals surface area contributed by atoms with E-state index in [1.54, 1.807) is 12.1 Å². The van der Waals surface area contributed by atoms with E-state index in [0.29, 0.717) is 12.8 Å². The van der Waals surface area contributed by atoms with Gasteiger partial charge in [-0.15, -0.1) is 10.2 Å². The van der Waals surface area contributed by atoms with Gasteiger partial charge in [0.2, 0.25) is 5.91 Å². The second kappa shape index (κ2) is 9.20. The van der Waals surface area contributed by atoms with Crippen molar-refractivity contribution >= 4 is 11.6 Å². The van der Waals surface area contributed by atoms with Crippen LogP contribution in [0.3, 0.4) is 0 Å². The Hall–Kier alpha value is -3.02. The lowest BCUT2D eigenvalue weighted by Crippen LogP contribution is -2.13. The molecule has 6 heteroatoms. The molecule has 0 saturated heterocycles. The number of fused-ring (bicyclic) bond motifs is 1. The van der Waals surface area contributed by atoms with E-state index in [1.165, 1.54) is 18.1 Å². The molecule has 0 unspecified atom stereocenters. The van der Waals surface area contributed by atoms with E-state index in [9.17, 15) is 9.18 Å². The maximum Gasteiger partial charge on any atom is 0.224 e. The topological polar surface area (TPSA) is 59.8 Å². The molecule has 4 rings (SSSR count). The van der Waals surface area contributed by atoms with Gasteiger partial charge < -0.3 is 9.88 Å². The van der Waals surface area contributed by atoms with Crippen molar-refractivity contribution in [3.63, 3.8) is 0 Å². The molecule has 0 atom stereocenters. The molecule has 1 aliphatic heterocycles. The van der Waals surface area contributed by atoms with Crippen LogP contribution in [0.15, 0.2) is 42.5 Å². The van der Waals surface area contributed by atoms with Crippen LogP contribution in [0.2, 0.25) is 0 Å². The van der Waals surface area contributed by atoms with Crippen molar-refractivity contribution in [2.45, 2.75) is 58.4 Å². The molecular weight excluding hydrogens is 379 g/mol. The standard InChI is InChI=1S/C24H27FN4O/c1-2-17-7-9-18(10-8-17)11-14-23(30)26-21-16-19(12-13-20(21)25)24-28-27-22-6-4-3-5-15-29(22)24/h7-10,12-13,16H,2-6,11,14-15H2,1H3,(H,26,30). The van der Waals surface area contributed by atoms with E-state index in [-0.39, 0.29) is 11.6 Å². The van der Waals surface area contributed by atoms with Crippen LogP contribution in [0.5, 0.6) is 0 Å². The summed E-state index contributed by atoms with van der Waals surface area (Å²) in [6.07, 6.45) is 6.20. The van der Waals surface area contributed by atoms with Gasteiger partial charge in [-0.3, -0.25) is 4.79 Å². The van der Waals surface area contributed by atoms with Gasteiger partial charge >= 0.3 is 0 Å². The number of anilines is 1. The van der Waals surface area contributed by atoms with Crippen LogP contribution in [-0.2, 0) is 30.6 Å². The maximum atomic E-state index is 14.4. The Labute approximate surface area is 176 Å². The summed E-state index contributed by atoms with van der Waals surface area (Å²) in [7, 11) is 0. The first-order chi connectivity index (χ1) is 14.6. The van der Waals surface area contributed by atoms with Crippen LogP contribution in [0.25, 0.3) is 11.4 Å². The number of aromatic nitrogens is 3. The number of nitrogens with one attached hydrogen (secondary N) is 1. The van der Waals surface area contributed by atoms with Crippen molar-refractivity contribution in [1.29, 1.82) is 0 Å². The number of nitrogens with zero attached hydrogens (tertiary/aromatic N) is 3. The minimum absolute atomic E-state index is 0.185.